The third kappa shape index (κ3) is 4.67. The molecule has 14 heavy (non-hydrogen) atoms. The minimum Gasteiger partial charge on any atom is -0.465 e. The summed E-state index contributed by atoms with van der Waals surface area (Å²) in [6, 6.07) is 3.64. The molecule has 0 aliphatic carbocycles. The van der Waals surface area contributed by atoms with Crippen LogP contribution in [0.2, 0.25) is 0 Å². The van der Waals surface area contributed by atoms with Crippen LogP contribution >= 0.6 is 12.4 Å². The summed E-state index contributed by atoms with van der Waals surface area (Å²) in [5.41, 5.74) is 0.815. The highest BCUT2D eigenvalue weighted by molar-refractivity contribution is 5.85. The first-order chi connectivity index (χ1) is 6.33. The van der Waals surface area contributed by atoms with Crippen molar-refractivity contribution in [1.29, 1.82) is 0 Å². The monoisotopic (exact) mass is 216 g/mol. The molecule has 1 heterocycles. The first kappa shape index (κ1) is 12.7. The average molecular weight is 217 g/mol. The molecule has 78 valence electrons. The Bertz CT molecular complexity index is 267. The smallest absolute Gasteiger partial charge is 0.325 e. The lowest BCUT2D eigenvalue weighted by atomic mass is 10.4. The maximum absolute atomic E-state index is 10.9. The van der Waals surface area contributed by atoms with Crippen LogP contribution in [0.1, 0.15) is 6.92 Å². The van der Waals surface area contributed by atoms with Gasteiger partial charge in [0.25, 0.3) is 0 Å². The standard InChI is InChI=1S/C9H12N2O2.ClH/c1-2-13-9(12)7-11-8-4-3-5-10-6-8;/h3-6,11H,2,7H2,1H3;1H. The second-order valence-electron chi connectivity index (χ2n) is 2.40. The Hall–Kier alpha value is -1.29. The molecule has 0 amide bonds. The van der Waals surface area contributed by atoms with E-state index < -0.39 is 0 Å². The van der Waals surface area contributed by atoms with Crippen LogP contribution in [0.5, 0.6) is 0 Å². The maximum atomic E-state index is 10.9. The van der Waals surface area contributed by atoms with E-state index in [4.69, 9.17) is 4.74 Å². The van der Waals surface area contributed by atoms with Gasteiger partial charge >= 0.3 is 5.97 Å². The second kappa shape index (κ2) is 7.15. The minimum absolute atomic E-state index is 0. The number of carbonyl (C=O) groups excluding carboxylic acids is 1. The second-order valence-corrected chi connectivity index (χ2v) is 2.40. The lowest BCUT2D eigenvalue weighted by Gasteiger charge is -2.04. The molecule has 0 aliphatic heterocycles. The fraction of sp³-hybridized carbons (Fsp3) is 0.333. The number of esters is 1. The van der Waals surface area contributed by atoms with Gasteiger partial charge in [0.1, 0.15) is 6.54 Å². The van der Waals surface area contributed by atoms with Gasteiger partial charge in [0.2, 0.25) is 0 Å². The van der Waals surface area contributed by atoms with Crippen molar-refractivity contribution in [3.8, 4) is 0 Å². The van der Waals surface area contributed by atoms with Crippen LogP contribution in [-0.4, -0.2) is 24.1 Å². The summed E-state index contributed by atoms with van der Waals surface area (Å²) in [5.74, 6) is -0.258. The number of rotatable bonds is 4. The Labute approximate surface area is 89.1 Å². The number of pyridine rings is 1. The molecule has 0 atom stereocenters. The van der Waals surface area contributed by atoms with Crippen LogP contribution in [0.4, 0.5) is 5.69 Å². The molecule has 0 unspecified atom stereocenters. The highest BCUT2D eigenvalue weighted by Crippen LogP contribution is 2.01. The van der Waals surface area contributed by atoms with Gasteiger partial charge in [-0.25, -0.2) is 0 Å². The minimum atomic E-state index is -0.258. The highest BCUT2D eigenvalue weighted by atomic mass is 35.5. The van der Waals surface area contributed by atoms with Crippen LogP contribution < -0.4 is 5.32 Å². The number of hydrogen-bond donors (Lipinski definition) is 1. The third-order valence-corrected chi connectivity index (χ3v) is 1.40. The third-order valence-electron chi connectivity index (χ3n) is 1.40. The molecule has 0 saturated heterocycles. The molecule has 0 aliphatic rings. The summed E-state index contributed by atoms with van der Waals surface area (Å²) in [5, 5.41) is 2.89. The SMILES string of the molecule is CCOC(=O)CNc1cccnc1.Cl. The molecule has 0 bridgehead atoms. The average Bonchev–Trinajstić information content (AvgIpc) is 2.17. The lowest BCUT2D eigenvalue weighted by molar-refractivity contribution is -0.140. The quantitative estimate of drug-likeness (QED) is 0.775. The van der Waals surface area contributed by atoms with E-state index in [-0.39, 0.29) is 24.9 Å². The molecule has 0 spiro atoms. The highest BCUT2D eigenvalue weighted by Gasteiger charge is 1.99. The molecule has 0 fully saturated rings. The molecule has 1 rings (SSSR count). The van der Waals surface area contributed by atoms with Crippen molar-refractivity contribution in [3.63, 3.8) is 0 Å². The predicted molar refractivity (Wildman–Crippen MR) is 56.6 cm³/mol. The number of carbonyl (C=O) groups is 1. The zero-order valence-corrected chi connectivity index (χ0v) is 8.71. The summed E-state index contributed by atoms with van der Waals surface area (Å²) in [6.07, 6.45) is 3.33. The molecular weight excluding hydrogens is 204 g/mol. The Balaban J connectivity index is 0.00000169. The molecule has 4 nitrogen and oxygen atoms in total. The Kier molecular flexibility index (Phi) is 6.49. The number of aromatic nitrogens is 1. The number of anilines is 1. The Morgan fingerprint density at radius 1 is 1.64 bits per heavy atom. The van der Waals surface area contributed by atoms with Gasteiger partial charge in [0.15, 0.2) is 0 Å². The summed E-state index contributed by atoms with van der Waals surface area (Å²) in [6.45, 7) is 2.37. The van der Waals surface area contributed by atoms with Gasteiger partial charge in [0.05, 0.1) is 12.3 Å². The molecule has 0 aromatic carbocycles. The number of hydrogen-bond acceptors (Lipinski definition) is 4. The van der Waals surface area contributed by atoms with Crippen LogP contribution in [0.25, 0.3) is 0 Å². The Morgan fingerprint density at radius 2 is 2.43 bits per heavy atom. The fourth-order valence-corrected chi connectivity index (χ4v) is 0.854. The number of nitrogens with one attached hydrogen (secondary N) is 1. The van der Waals surface area contributed by atoms with E-state index in [2.05, 4.69) is 10.3 Å². The van der Waals surface area contributed by atoms with Crippen LogP contribution in [0.3, 0.4) is 0 Å². The van der Waals surface area contributed by atoms with Gasteiger partial charge in [-0.1, -0.05) is 0 Å². The van der Waals surface area contributed by atoms with Gasteiger partial charge in [-0.3, -0.25) is 9.78 Å². The number of ether oxygens (including phenoxy) is 1. The first-order valence-electron chi connectivity index (χ1n) is 4.12. The van der Waals surface area contributed by atoms with Gasteiger partial charge in [-0.05, 0) is 19.1 Å². The molecule has 1 aromatic rings. The van der Waals surface area contributed by atoms with Crippen molar-refractivity contribution in [2.45, 2.75) is 6.92 Å². The topological polar surface area (TPSA) is 51.2 Å². The van der Waals surface area contributed by atoms with E-state index in [1.165, 1.54) is 0 Å². The summed E-state index contributed by atoms with van der Waals surface area (Å²) < 4.78 is 4.74. The van der Waals surface area contributed by atoms with Crippen molar-refractivity contribution in [2.24, 2.45) is 0 Å². The van der Waals surface area contributed by atoms with Gasteiger partial charge < -0.3 is 10.1 Å². The summed E-state index contributed by atoms with van der Waals surface area (Å²) >= 11 is 0. The largest absolute Gasteiger partial charge is 0.465 e. The van der Waals surface area contributed by atoms with E-state index in [0.717, 1.165) is 5.69 Å². The summed E-state index contributed by atoms with van der Waals surface area (Å²) in [4.78, 5) is 14.8. The van der Waals surface area contributed by atoms with Crippen LogP contribution in [0.15, 0.2) is 24.5 Å². The summed E-state index contributed by atoms with van der Waals surface area (Å²) in [7, 11) is 0. The van der Waals surface area contributed by atoms with Crippen molar-refractivity contribution in [3.05, 3.63) is 24.5 Å². The molecule has 0 saturated carbocycles. The van der Waals surface area contributed by atoms with Gasteiger partial charge in [-0.15, -0.1) is 12.4 Å². The maximum Gasteiger partial charge on any atom is 0.325 e. The van der Waals surface area contributed by atoms with E-state index in [9.17, 15) is 4.79 Å². The molecule has 1 N–H and O–H groups in total. The van der Waals surface area contributed by atoms with Crippen molar-refractivity contribution >= 4 is 24.1 Å². The predicted octanol–water partition coefficient (Wildman–Crippen LogP) is 1.48. The Morgan fingerprint density at radius 3 is 3.00 bits per heavy atom. The van der Waals surface area contributed by atoms with E-state index >= 15 is 0 Å². The molecule has 5 heteroatoms. The van der Waals surface area contributed by atoms with Crippen LogP contribution in [-0.2, 0) is 9.53 Å². The molecular formula is C9H13ClN2O2. The van der Waals surface area contributed by atoms with Gasteiger partial charge in [0, 0.05) is 12.4 Å². The lowest BCUT2D eigenvalue weighted by Crippen LogP contribution is -2.16. The van der Waals surface area contributed by atoms with E-state index in [0.29, 0.717) is 6.61 Å². The van der Waals surface area contributed by atoms with E-state index in [1.807, 2.05) is 6.07 Å². The molecule has 0 radical (unpaired) electrons. The van der Waals surface area contributed by atoms with Crippen molar-refractivity contribution < 1.29 is 9.53 Å². The number of halogens is 1. The fourth-order valence-electron chi connectivity index (χ4n) is 0.854. The normalized spacial score (nSPS) is 8.64. The van der Waals surface area contributed by atoms with Gasteiger partial charge in [-0.2, -0.15) is 0 Å². The van der Waals surface area contributed by atoms with Crippen molar-refractivity contribution in [2.75, 3.05) is 18.5 Å². The van der Waals surface area contributed by atoms with E-state index in [1.54, 1.807) is 25.4 Å². The zero-order valence-electron chi connectivity index (χ0n) is 7.90. The van der Waals surface area contributed by atoms with Crippen molar-refractivity contribution in [1.82, 2.24) is 4.98 Å². The first-order valence-corrected chi connectivity index (χ1v) is 4.12. The zero-order chi connectivity index (χ0) is 9.52. The number of nitrogens with zero attached hydrogens (tertiary/aromatic N) is 1. The molecule has 1 aromatic heterocycles. The van der Waals surface area contributed by atoms with Crippen LogP contribution in [0, 0.1) is 0 Å².